The molecule has 1 aliphatic carbocycles. The van der Waals surface area contributed by atoms with E-state index in [1.54, 1.807) is 7.11 Å². The van der Waals surface area contributed by atoms with Crippen molar-refractivity contribution in [1.82, 2.24) is 0 Å². The molecule has 1 aliphatic rings. The van der Waals surface area contributed by atoms with E-state index in [9.17, 15) is 5.11 Å². The van der Waals surface area contributed by atoms with Gasteiger partial charge in [-0.2, -0.15) is 0 Å². The summed E-state index contributed by atoms with van der Waals surface area (Å²) in [5.41, 5.74) is 0. The van der Waals surface area contributed by atoms with Gasteiger partial charge in [-0.1, -0.05) is 0 Å². The van der Waals surface area contributed by atoms with E-state index in [4.69, 9.17) is 14.2 Å². The van der Waals surface area contributed by atoms with E-state index in [2.05, 4.69) is 0 Å². The van der Waals surface area contributed by atoms with Crippen molar-refractivity contribution in [2.75, 3.05) is 21.3 Å². The van der Waals surface area contributed by atoms with Gasteiger partial charge in [-0.3, -0.25) is 0 Å². The van der Waals surface area contributed by atoms with Crippen LogP contribution in [0.5, 0.6) is 0 Å². The largest absolute Gasteiger partial charge is 0.387 e. The van der Waals surface area contributed by atoms with Crippen LogP contribution >= 0.6 is 0 Å². The molecule has 1 fully saturated rings. The topological polar surface area (TPSA) is 47.9 Å². The Morgan fingerprint density at radius 3 is 2.15 bits per heavy atom. The molecule has 4 nitrogen and oxygen atoms in total. The van der Waals surface area contributed by atoms with E-state index >= 15 is 0 Å². The fraction of sp³-hybridized carbons (Fsp3) is 1.00. The molecule has 0 aromatic carbocycles. The molecule has 0 heterocycles. The Hall–Kier alpha value is -0.160. The highest BCUT2D eigenvalue weighted by molar-refractivity contribution is 4.91. The van der Waals surface area contributed by atoms with Crippen molar-refractivity contribution in [1.29, 1.82) is 0 Å². The molecule has 1 N–H and O–H groups in total. The number of hydrogen-bond donors (Lipinski definition) is 1. The molecule has 78 valence electrons. The first-order valence-electron chi connectivity index (χ1n) is 4.52. The third kappa shape index (κ3) is 1.72. The second kappa shape index (κ2) is 4.37. The van der Waals surface area contributed by atoms with Crippen LogP contribution in [0.2, 0.25) is 0 Å². The first-order valence-corrected chi connectivity index (χ1v) is 4.52. The van der Waals surface area contributed by atoms with Gasteiger partial charge in [-0.25, -0.2) is 0 Å². The van der Waals surface area contributed by atoms with Crippen molar-refractivity contribution >= 4 is 0 Å². The summed E-state index contributed by atoms with van der Waals surface area (Å²) in [6, 6.07) is 0. The van der Waals surface area contributed by atoms with Crippen molar-refractivity contribution in [3.8, 4) is 0 Å². The molecule has 0 saturated heterocycles. The molecule has 0 bridgehead atoms. The van der Waals surface area contributed by atoms with E-state index in [-0.39, 0.29) is 6.10 Å². The fourth-order valence-corrected chi connectivity index (χ4v) is 2.01. The molecule has 2 atom stereocenters. The standard InChI is InChI=1S/C9H18O4/c1-11-8-6-4-5-7(10)9(8,12-2)13-3/h7-8,10H,4-6H2,1-3H3. The van der Waals surface area contributed by atoms with Crippen LogP contribution < -0.4 is 0 Å². The first-order chi connectivity index (χ1) is 6.21. The van der Waals surface area contributed by atoms with Gasteiger partial charge in [0.1, 0.15) is 12.2 Å². The molecule has 0 amide bonds. The molecule has 1 rings (SSSR count). The monoisotopic (exact) mass is 190 g/mol. The molecule has 0 radical (unpaired) electrons. The van der Waals surface area contributed by atoms with Crippen molar-refractivity contribution in [3.05, 3.63) is 0 Å². The van der Waals surface area contributed by atoms with E-state index in [1.807, 2.05) is 0 Å². The lowest BCUT2D eigenvalue weighted by Gasteiger charge is -2.43. The molecule has 13 heavy (non-hydrogen) atoms. The Labute approximate surface area is 78.8 Å². The summed E-state index contributed by atoms with van der Waals surface area (Å²) in [4.78, 5) is 0. The third-order valence-electron chi connectivity index (χ3n) is 2.78. The molecule has 1 saturated carbocycles. The smallest absolute Gasteiger partial charge is 0.221 e. The lowest BCUT2D eigenvalue weighted by Crippen LogP contribution is -2.58. The highest BCUT2D eigenvalue weighted by atomic mass is 16.7. The summed E-state index contributed by atoms with van der Waals surface area (Å²) < 4.78 is 15.7. The Morgan fingerprint density at radius 2 is 1.77 bits per heavy atom. The molecular formula is C9H18O4. The summed E-state index contributed by atoms with van der Waals surface area (Å²) in [5.74, 6) is -0.979. The molecule has 0 aromatic heterocycles. The molecule has 2 unspecified atom stereocenters. The van der Waals surface area contributed by atoms with Crippen molar-refractivity contribution < 1.29 is 19.3 Å². The van der Waals surface area contributed by atoms with Crippen molar-refractivity contribution in [2.45, 2.75) is 37.3 Å². The molecular weight excluding hydrogens is 172 g/mol. The summed E-state index contributed by atoms with van der Waals surface area (Å²) in [6.45, 7) is 0. The van der Waals surface area contributed by atoms with Gasteiger partial charge in [0.05, 0.1) is 0 Å². The van der Waals surface area contributed by atoms with Crippen LogP contribution in [-0.4, -0.2) is 44.4 Å². The molecule has 4 heteroatoms. The average Bonchev–Trinajstić information content (AvgIpc) is 2.18. The quantitative estimate of drug-likeness (QED) is 0.660. The van der Waals surface area contributed by atoms with Gasteiger partial charge in [-0.15, -0.1) is 0 Å². The minimum Gasteiger partial charge on any atom is -0.387 e. The Morgan fingerprint density at radius 1 is 1.15 bits per heavy atom. The van der Waals surface area contributed by atoms with Crippen molar-refractivity contribution in [3.63, 3.8) is 0 Å². The third-order valence-corrected chi connectivity index (χ3v) is 2.78. The average molecular weight is 190 g/mol. The van der Waals surface area contributed by atoms with Gasteiger partial charge in [0, 0.05) is 21.3 Å². The normalized spacial score (nSPS) is 33.2. The van der Waals surface area contributed by atoms with Gasteiger partial charge in [0.15, 0.2) is 0 Å². The van der Waals surface area contributed by atoms with Gasteiger partial charge in [0.2, 0.25) is 5.79 Å². The number of ether oxygens (including phenoxy) is 3. The van der Waals surface area contributed by atoms with Gasteiger partial charge in [0.25, 0.3) is 0 Å². The fourth-order valence-electron chi connectivity index (χ4n) is 2.01. The van der Waals surface area contributed by atoms with Gasteiger partial charge >= 0.3 is 0 Å². The van der Waals surface area contributed by atoms with E-state index in [0.717, 1.165) is 12.8 Å². The van der Waals surface area contributed by atoms with E-state index in [1.165, 1.54) is 14.2 Å². The maximum absolute atomic E-state index is 9.79. The summed E-state index contributed by atoms with van der Waals surface area (Å²) >= 11 is 0. The summed E-state index contributed by atoms with van der Waals surface area (Å²) in [7, 11) is 4.67. The van der Waals surface area contributed by atoms with Gasteiger partial charge < -0.3 is 19.3 Å². The maximum Gasteiger partial charge on any atom is 0.221 e. The van der Waals surface area contributed by atoms with Gasteiger partial charge in [-0.05, 0) is 19.3 Å². The SMILES string of the molecule is COC1CCCC(O)C1(OC)OC. The van der Waals surface area contributed by atoms with Crippen LogP contribution in [0.25, 0.3) is 0 Å². The summed E-state index contributed by atoms with van der Waals surface area (Å²) in [6.07, 6.45) is 1.69. The second-order valence-corrected chi connectivity index (χ2v) is 3.30. The molecule has 0 aromatic rings. The number of methoxy groups -OCH3 is 3. The number of aliphatic hydroxyl groups excluding tert-OH is 1. The number of aliphatic hydroxyl groups is 1. The minimum absolute atomic E-state index is 0.189. The molecule has 0 spiro atoms. The van der Waals surface area contributed by atoms with Crippen LogP contribution in [0, 0.1) is 0 Å². The van der Waals surface area contributed by atoms with Crippen LogP contribution in [0.15, 0.2) is 0 Å². The number of hydrogen-bond acceptors (Lipinski definition) is 4. The second-order valence-electron chi connectivity index (χ2n) is 3.30. The van der Waals surface area contributed by atoms with Crippen LogP contribution in [0.4, 0.5) is 0 Å². The maximum atomic E-state index is 9.79. The Bertz CT molecular complexity index is 156. The highest BCUT2D eigenvalue weighted by Crippen LogP contribution is 2.34. The minimum atomic E-state index is -0.979. The van der Waals surface area contributed by atoms with Crippen LogP contribution in [-0.2, 0) is 14.2 Å². The summed E-state index contributed by atoms with van der Waals surface area (Å²) in [5, 5.41) is 9.79. The molecule has 0 aliphatic heterocycles. The zero-order valence-corrected chi connectivity index (χ0v) is 8.45. The van der Waals surface area contributed by atoms with Crippen LogP contribution in [0.3, 0.4) is 0 Å². The highest BCUT2D eigenvalue weighted by Gasteiger charge is 2.48. The Kier molecular flexibility index (Phi) is 3.67. The predicted octanol–water partition coefficient (Wildman–Crippen LogP) is 0.535. The van der Waals surface area contributed by atoms with Crippen LogP contribution in [0.1, 0.15) is 19.3 Å². The van der Waals surface area contributed by atoms with E-state index in [0.29, 0.717) is 6.42 Å². The zero-order valence-electron chi connectivity index (χ0n) is 8.45. The first kappa shape index (κ1) is 10.9. The van der Waals surface area contributed by atoms with E-state index < -0.39 is 11.9 Å². The predicted molar refractivity (Wildman–Crippen MR) is 47.4 cm³/mol. The lowest BCUT2D eigenvalue weighted by molar-refractivity contribution is -0.317. The zero-order chi connectivity index (χ0) is 9.90. The Balaban J connectivity index is 2.81. The lowest BCUT2D eigenvalue weighted by atomic mass is 9.88. The number of rotatable bonds is 3. The van der Waals surface area contributed by atoms with Crippen molar-refractivity contribution in [2.24, 2.45) is 0 Å².